The minimum atomic E-state index is -4.42. The maximum atomic E-state index is 15.1. The average Bonchev–Trinajstić information content (AvgIpc) is 2.98. The fourth-order valence-electron chi connectivity index (χ4n) is 3.74. The van der Waals surface area contributed by atoms with Crippen molar-refractivity contribution in [1.82, 2.24) is 2.20 Å². The van der Waals surface area contributed by atoms with Crippen LogP contribution in [0.1, 0.15) is 0 Å². The van der Waals surface area contributed by atoms with Gasteiger partial charge in [-0.3, -0.25) is 0 Å². The van der Waals surface area contributed by atoms with Gasteiger partial charge in [0.25, 0.3) is 0 Å². The molecule has 0 aliphatic carbocycles. The molecule has 0 bridgehead atoms. The van der Waals surface area contributed by atoms with Crippen LogP contribution in [0.4, 0.5) is 0 Å². The Bertz CT molecular complexity index is 1390. The molecule has 0 heterocycles. The number of hydrogen-bond acceptors (Lipinski definition) is 6. The molecule has 0 saturated carbocycles. The SMILES string of the molecule is O=P(Oc1ccccc1)(Oc1ccccc1)[N]([Hg][c]1ccccc1)P(=O)(Oc1ccccc1)Oc1ccccc1. The molecule has 0 aliphatic rings. The third kappa shape index (κ3) is 7.44. The number of benzene rings is 5. The molecular formula is C30H25HgNO6P2. The maximum absolute atomic E-state index is 15.1. The Kier molecular flexibility index (Phi) is 9.40. The Morgan fingerprint density at radius 1 is 0.400 bits per heavy atom. The number of nitrogens with zero attached hydrogens (tertiary/aromatic N) is 1. The molecule has 40 heavy (non-hydrogen) atoms. The first kappa shape index (κ1) is 28.2. The monoisotopic (exact) mass is 759 g/mol. The molecule has 198 valence electrons. The van der Waals surface area contributed by atoms with Crippen LogP contribution < -0.4 is 21.2 Å². The van der Waals surface area contributed by atoms with Crippen LogP contribution in [0.2, 0.25) is 0 Å². The van der Waals surface area contributed by atoms with Crippen LogP contribution in [0.25, 0.3) is 0 Å². The third-order valence-electron chi connectivity index (χ3n) is 5.59. The van der Waals surface area contributed by atoms with Crippen LogP contribution in [0.5, 0.6) is 23.0 Å². The molecule has 10 heteroatoms. The van der Waals surface area contributed by atoms with E-state index in [0.717, 1.165) is 3.07 Å². The standard InChI is InChI=1S/C24H20NO6P2.C6H5.Hg/c26-32(28-21-13-5-1-6-14-21,29-22-15-7-2-8-16-22)25-33(27,30-23-17-9-3-10-18-23)31-24-19-11-4-12-20-24;1-2-4-6-5-3-1;/h1-20H;1-5H;/q-1;;+1. The number of para-hydroxylation sites is 4. The molecule has 0 N–H and O–H groups in total. The Morgan fingerprint density at radius 2 is 0.650 bits per heavy atom. The summed E-state index contributed by atoms with van der Waals surface area (Å²) < 4.78 is 56.9. The van der Waals surface area contributed by atoms with Gasteiger partial charge in [0.05, 0.1) is 0 Å². The van der Waals surface area contributed by atoms with Gasteiger partial charge in [-0.05, 0) is 0 Å². The van der Waals surface area contributed by atoms with Crippen molar-refractivity contribution in [1.29, 1.82) is 0 Å². The van der Waals surface area contributed by atoms with Gasteiger partial charge in [-0.15, -0.1) is 0 Å². The summed E-state index contributed by atoms with van der Waals surface area (Å²) >= 11 is -2.89. The minimum absolute atomic E-state index is 0.291. The van der Waals surface area contributed by atoms with Crippen molar-refractivity contribution in [3.8, 4) is 23.0 Å². The van der Waals surface area contributed by atoms with E-state index in [1.54, 1.807) is 97.1 Å². The third-order valence-corrected chi connectivity index (χ3v) is 24.7. The van der Waals surface area contributed by atoms with E-state index in [-0.39, 0.29) is 0 Å². The van der Waals surface area contributed by atoms with Gasteiger partial charge in [0.2, 0.25) is 0 Å². The van der Waals surface area contributed by atoms with Gasteiger partial charge in [-0.1, -0.05) is 0 Å². The Labute approximate surface area is 246 Å². The molecule has 0 radical (unpaired) electrons. The molecule has 7 nitrogen and oxygen atoms in total. The van der Waals surface area contributed by atoms with E-state index in [4.69, 9.17) is 18.1 Å². The second-order valence-corrected chi connectivity index (χ2v) is 23.5. The zero-order chi connectivity index (χ0) is 27.7. The summed E-state index contributed by atoms with van der Waals surface area (Å²) in [6, 6.07) is 44.2. The zero-order valence-corrected chi connectivity index (χ0v) is 28.7. The van der Waals surface area contributed by atoms with Crippen molar-refractivity contribution in [2.75, 3.05) is 0 Å². The van der Waals surface area contributed by atoms with Crippen LogP contribution in [0, 0.1) is 0 Å². The van der Waals surface area contributed by atoms with Crippen molar-refractivity contribution < 1.29 is 52.1 Å². The molecule has 0 amide bonds. The topological polar surface area (TPSA) is 74.3 Å². The van der Waals surface area contributed by atoms with Crippen molar-refractivity contribution >= 4 is 18.6 Å². The van der Waals surface area contributed by atoms with E-state index in [1.165, 1.54) is 2.20 Å². The summed E-state index contributed by atoms with van der Waals surface area (Å²) in [5.41, 5.74) is 0. The number of hydrogen-bond donors (Lipinski definition) is 0. The van der Waals surface area contributed by atoms with Crippen LogP contribution in [0.15, 0.2) is 152 Å². The van der Waals surface area contributed by atoms with Gasteiger partial charge >= 0.3 is 248 Å². The summed E-state index contributed by atoms with van der Waals surface area (Å²) in [5, 5.41) is 0. The van der Waals surface area contributed by atoms with Crippen LogP contribution in [-0.2, 0) is 34.0 Å². The van der Waals surface area contributed by atoms with Gasteiger partial charge in [0, 0.05) is 0 Å². The Balaban J connectivity index is 1.67. The molecular weight excluding hydrogens is 733 g/mol. The molecule has 0 fully saturated rings. The van der Waals surface area contributed by atoms with Crippen LogP contribution in [-0.4, -0.2) is 2.20 Å². The van der Waals surface area contributed by atoms with E-state index in [2.05, 4.69) is 0 Å². The summed E-state index contributed by atoms with van der Waals surface area (Å²) in [7, 11) is -8.83. The molecule has 0 unspecified atom stereocenters. The fraction of sp³-hybridized carbons (Fsp3) is 0. The van der Waals surface area contributed by atoms with Gasteiger partial charge in [-0.25, -0.2) is 0 Å². The summed E-state index contributed by atoms with van der Waals surface area (Å²) in [6.07, 6.45) is 0. The van der Waals surface area contributed by atoms with E-state index < -0.39 is 40.4 Å². The second-order valence-electron chi connectivity index (χ2n) is 8.57. The second kappa shape index (κ2) is 13.3. The van der Waals surface area contributed by atoms with Crippen LogP contribution >= 0.6 is 15.5 Å². The summed E-state index contributed by atoms with van der Waals surface area (Å²) in [6.45, 7) is 0. The first-order chi connectivity index (χ1) is 19.5. The quantitative estimate of drug-likeness (QED) is 0.0940. The Hall–Kier alpha value is -3.34. The van der Waals surface area contributed by atoms with Crippen LogP contribution in [0.3, 0.4) is 0 Å². The molecule has 5 rings (SSSR count). The van der Waals surface area contributed by atoms with Gasteiger partial charge < -0.3 is 0 Å². The first-order valence-electron chi connectivity index (χ1n) is 12.5. The molecule has 5 aromatic rings. The molecule has 0 aromatic heterocycles. The van der Waals surface area contributed by atoms with Crippen molar-refractivity contribution in [2.24, 2.45) is 0 Å². The predicted molar refractivity (Wildman–Crippen MR) is 151 cm³/mol. The van der Waals surface area contributed by atoms with E-state index >= 15 is 9.13 Å². The van der Waals surface area contributed by atoms with E-state index in [0.29, 0.717) is 23.0 Å². The molecule has 0 saturated heterocycles. The fourth-order valence-corrected chi connectivity index (χ4v) is 20.3. The number of rotatable bonds is 12. The van der Waals surface area contributed by atoms with E-state index in [1.807, 2.05) is 54.6 Å². The van der Waals surface area contributed by atoms with Crippen molar-refractivity contribution in [2.45, 2.75) is 0 Å². The van der Waals surface area contributed by atoms with Gasteiger partial charge in [0.15, 0.2) is 0 Å². The Morgan fingerprint density at radius 3 is 0.925 bits per heavy atom. The molecule has 0 aliphatic heterocycles. The van der Waals surface area contributed by atoms with Gasteiger partial charge in [-0.2, -0.15) is 0 Å². The summed E-state index contributed by atoms with van der Waals surface area (Å²) in [4.78, 5) is 0. The van der Waals surface area contributed by atoms with Gasteiger partial charge in [0.1, 0.15) is 0 Å². The summed E-state index contributed by atoms with van der Waals surface area (Å²) in [5.74, 6) is 1.16. The van der Waals surface area contributed by atoms with Crippen molar-refractivity contribution in [3.05, 3.63) is 152 Å². The normalized spacial score (nSPS) is 11.3. The predicted octanol–water partition coefficient (Wildman–Crippen LogP) is 8.14. The first-order valence-corrected chi connectivity index (χ1v) is 20.7. The average molecular weight is 758 g/mol. The molecule has 0 atom stereocenters. The molecule has 5 aromatic carbocycles. The zero-order valence-electron chi connectivity index (χ0n) is 21.4. The van der Waals surface area contributed by atoms with Crippen molar-refractivity contribution in [3.63, 3.8) is 0 Å². The molecule has 0 spiro atoms. The van der Waals surface area contributed by atoms with E-state index in [9.17, 15) is 0 Å².